The molecule has 4 heteroatoms. The molecule has 0 radical (unpaired) electrons. The zero-order valence-corrected chi connectivity index (χ0v) is 14.8. The van der Waals surface area contributed by atoms with Crippen LogP contribution in [0.4, 0.5) is 0 Å². The Labute approximate surface area is 139 Å². The van der Waals surface area contributed by atoms with Crippen molar-refractivity contribution in [3.05, 3.63) is 23.8 Å². The van der Waals surface area contributed by atoms with Crippen LogP contribution in [0, 0.1) is 5.92 Å². The molecule has 1 aromatic carbocycles. The fraction of sp³-hybridized carbons (Fsp3) is 0.632. The van der Waals surface area contributed by atoms with Crippen LogP contribution in [0.3, 0.4) is 0 Å². The van der Waals surface area contributed by atoms with Crippen LogP contribution in [0.15, 0.2) is 18.2 Å². The van der Waals surface area contributed by atoms with Gasteiger partial charge in [0.2, 0.25) is 0 Å². The van der Waals surface area contributed by atoms with Gasteiger partial charge in [-0.1, -0.05) is 19.8 Å². The van der Waals surface area contributed by atoms with E-state index in [2.05, 4.69) is 6.92 Å². The molecule has 128 valence electrons. The highest BCUT2D eigenvalue weighted by Gasteiger charge is 2.28. The first kappa shape index (κ1) is 17.6. The molecule has 0 spiro atoms. The molecule has 1 aliphatic rings. The summed E-state index contributed by atoms with van der Waals surface area (Å²) in [5.41, 5.74) is 0.664. The van der Waals surface area contributed by atoms with Gasteiger partial charge >= 0.3 is 0 Å². The zero-order chi connectivity index (χ0) is 16.8. The third-order valence-electron chi connectivity index (χ3n) is 4.67. The maximum atomic E-state index is 12.8. The SMILES string of the molecule is CCOc1ccc(C(=O)N(C)C2CCCCC2C)cc1OCC. The number of amides is 1. The number of rotatable bonds is 6. The van der Waals surface area contributed by atoms with E-state index in [0.717, 1.165) is 6.42 Å². The standard InChI is InChI=1S/C19H29NO3/c1-5-22-17-12-11-15(13-18(17)23-6-2)19(21)20(4)16-10-8-7-9-14(16)3/h11-14,16H,5-10H2,1-4H3. The molecule has 1 saturated carbocycles. The van der Waals surface area contributed by atoms with E-state index in [-0.39, 0.29) is 5.91 Å². The average molecular weight is 319 g/mol. The van der Waals surface area contributed by atoms with Crippen molar-refractivity contribution in [1.82, 2.24) is 4.90 Å². The van der Waals surface area contributed by atoms with E-state index in [4.69, 9.17) is 9.47 Å². The molecule has 2 unspecified atom stereocenters. The van der Waals surface area contributed by atoms with Crippen molar-refractivity contribution in [2.45, 2.75) is 52.5 Å². The van der Waals surface area contributed by atoms with Gasteiger partial charge in [0.1, 0.15) is 0 Å². The van der Waals surface area contributed by atoms with Crippen LogP contribution >= 0.6 is 0 Å². The predicted octanol–water partition coefficient (Wildman–Crippen LogP) is 4.13. The lowest BCUT2D eigenvalue weighted by molar-refractivity contribution is 0.0628. The molecule has 4 nitrogen and oxygen atoms in total. The predicted molar refractivity (Wildman–Crippen MR) is 92.3 cm³/mol. The van der Waals surface area contributed by atoms with Crippen LogP contribution in [-0.4, -0.2) is 37.1 Å². The Morgan fingerprint density at radius 3 is 2.43 bits per heavy atom. The van der Waals surface area contributed by atoms with Gasteiger partial charge in [0.15, 0.2) is 11.5 Å². The van der Waals surface area contributed by atoms with Crippen molar-refractivity contribution in [3.63, 3.8) is 0 Å². The van der Waals surface area contributed by atoms with E-state index in [1.165, 1.54) is 19.3 Å². The van der Waals surface area contributed by atoms with Gasteiger partial charge in [0, 0.05) is 18.7 Å². The van der Waals surface area contributed by atoms with Crippen LogP contribution in [0.1, 0.15) is 56.8 Å². The van der Waals surface area contributed by atoms with Crippen molar-refractivity contribution in [1.29, 1.82) is 0 Å². The van der Waals surface area contributed by atoms with E-state index in [1.54, 1.807) is 6.07 Å². The molecule has 0 saturated heterocycles. The fourth-order valence-electron chi connectivity index (χ4n) is 3.41. The second-order valence-corrected chi connectivity index (χ2v) is 6.27. The number of hydrogen-bond donors (Lipinski definition) is 0. The Balaban J connectivity index is 2.19. The van der Waals surface area contributed by atoms with Crippen LogP contribution < -0.4 is 9.47 Å². The van der Waals surface area contributed by atoms with Gasteiger partial charge in [0.05, 0.1) is 13.2 Å². The summed E-state index contributed by atoms with van der Waals surface area (Å²) >= 11 is 0. The van der Waals surface area contributed by atoms with Gasteiger partial charge in [-0.25, -0.2) is 0 Å². The molecule has 1 aliphatic carbocycles. The molecule has 0 N–H and O–H groups in total. The minimum absolute atomic E-state index is 0.0627. The highest BCUT2D eigenvalue weighted by Crippen LogP contribution is 2.31. The molecule has 0 aliphatic heterocycles. The van der Waals surface area contributed by atoms with Gasteiger partial charge in [-0.2, -0.15) is 0 Å². The summed E-state index contributed by atoms with van der Waals surface area (Å²) in [4.78, 5) is 14.8. The third-order valence-corrected chi connectivity index (χ3v) is 4.67. The Morgan fingerprint density at radius 1 is 1.13 bits per heavy atom. The summed E-state index contributed by atoms with van der Waals surface area (Å²) in [5, 5.41) is 0. The largest absolute Gasteiger partial charge is 0.490 e. The molecule has 0 aromatic heterocycles. The third kappa shape index (κ3) is 4.18. The molecule has 2 rings (SSSR count). The zero-order valence-electron chi connectivity index (χ0n) is 14.8. The minimum Gasteiger partial charge on any atom is -0.490 e. The van der Waals surface area contributed by atoms with E-state index in [9.17, 15) is 4.79 Å². The number of benzene rings is 1. The van der Waals surface area contributed by atoms with Crippen LogP contribution in [-0.2, 0) is 0 Å². The second-order valence-electron chi connectivity index (χ2n) is 6.27. The molecule has 0 heterocycles. The van der Waals surface area contributed by atoms with Gasteiger partial charge in [-0.05, 0) is 50.8 Å². The minimum atomic E-state index is 0.0627. The quantitative estimate of drug-likeness (QED) is 0.791. The Bertz CT molecular complexity index is 529. The summed E-state index contributed by atoms with van der Waals surface area (Å²) < 4.78 is 11.2. The van der Waals surface area contributed by atoms with E-state index in [0.29, 0.717) is 42.2 Å². The van der Waals surface area contributed by atoms with Gasteiger partial charge < -0.3 is 14.4 Å². The summed E-state index contributed by atoms with van der Waals surface area (Å²) in [5.74, 6) is 1.96. The average Bonchev–Trinajstić information content (AvgIpc) is 2.56. The molecule has 0 bridgehead atoms. The van der Waals surface area contributed by atoms with Crippen molar-refractivity contribution in [2.24, 2.45) is 5.92 Å². The smallest absolute Gasteiger partial charge is 0.253 e. The Kier molecular flexibility index (Phi) is 6.31. The van der Waals surface area contributed by atoms with Crippen molar-refractivity contribution in [2.75, 3.05) is 20.3 Å². The van der Waals surface area contributed by atoms with E-state index < -0.39 is 0 Å². The molecule has 23 heavy (non-hydrogen) atoms. The number of carbonyl (C=O) groups excluding carboxylic acids is 1. The topological polar surface area (TPSA) is 38.8 Å². The maximum Gasteiger partial charge on any atom is 0.253 e. The van der Waals surface area contributed by atoms with Crippen molar-refractivity contribution < 1.29 is 14.3 Å². The number of nitrogens with zero attached hydrogens (tertiary/aromatic N) is 1. The first-order chi connectivity index (χ1) is 11.1. The van der Waals surface area contributed by atoms with Crippen molar-refractivity contribution in [3.8, 4) is 11.5 Å². The first-order valence-electron chi connectivity index (χ1n) is 8.75. The number of hydrogen-bond acceptors (Lipinski definition) is 3. The molecule has 1 amide bonds. The normalized spacial score (nSPS) is 20.9. The van der Waals surface area contributed by atoms with Crippen LogP contribution in [0.2, 0.25) is 0 Å². The molecule has 1 fully saturated rings. The molecular formula is C19H29NO3. The number of ether oxygens (including phenoxy) is 2. The summed E-state index contributed by atoms with van der Waals surface area (Å²) in [6, 6.07) is 5.80. The summed E-state index contributed by atoms with van der Waals surface area (Å²) in [6.45, 7) is 7.24. The molecule has 2 atom stereocenters. The number of carbonyl (C=O) groups is 1. The Hall–Kier alpha value is -1.71. The first-order valence-corrected chi connectivity index (χ1v) is 8.75. The molecule has 1 aromatic rings. The second kappa shape index (κ2) is 8.23. The Morgan fingerprint density at radius 2 is 1.78 bits per heavy atom. The van der Waals surface area contributed by atoms with E-state index in [1.807, 2.05) is 37.9 Å². The fourth-order valence-corrected chi connectivity index (χ4v) is 3.41. The lowest BCUT2D eigenvalue weighted by atomic mass is 9.85. The van der Waals surface area contributed by atoms with Gasteiger partial charge in [-0.3, -0.25) is 4.79 Å². The van der Waals surface area contributed by atoms with Gasteiger partial charge in [0.25, 0.3) is 5.91 Å². The highest BCUT2D eigenvalue weighted by molar-refractivity contribution is 5.95. The monoisotopic (exact) mass is 319 g/mol. The summed E-state index contributed by atoms with van der Waals surface area (Å²) in [7, 11) is 1.92. The molecular weight excluding hydrogens is 290 g/mol. The van der Waals surface area contributed by atoms with Crippen LogP contribution in [0.25, 0.3) is 0 Å². The van der Waals surface area contributed by atoms with Crippen LogP contribution in [0.5, 0.6) is 11.5 Å². The van der Waals surface area contributed by atoms with E-state index >= 15 is 0 Å². The van der Waals surface area contributed by atoms with Crippen molar-refractivity contribution >= 4 is 5.91 Å². The maximum absolute atomic E-state index is 12.8. The lowest BCUT2D eigenvalue weighted by Gasteiger charge is -2.36. The highest BCUT2D eigenvalue weighted by atomic mass is 16.5. The van der Waals surface area contributed by atoms with Gasteiger partial charge in [-0.15, -0.1) is 0 Å². The lowest BCUT2D eigenvalue weighted by Crippen LogP contribution is -2.42. The summed E-state index contributed by atoms with van der Waals surface area (Å²) in [6.07, 6.45) is 4.78.